The minimum absolute atomic E-state index is 0.312. The molecular formula is C16H18O. The second-order valence-corrected chi connectivity index (χ2v) is 5.26. The fourth-order valence-corrected chi connectivity index (χ4v) is 3.00. The first-order valence-corrected chi connectivity index (χ1v) is 6.64. The van der Waals surface area contributed by atoms with Crippen LogP contribution in [-0.2, 0) is 24.1 Å². The van der Waals surface area contributed by atoms with Crippen LogP contribution in [-0.4, -0.2) is 5.78 Å². The average molecular weight is 226 g/mol. The van der Waals surface area contributed by atoms with Gasteiger partial charge in [0.25, 0.3) is 0 Å². The highest BCUT2D eigenvalue weighted by Gasteiger charge is 2.13. The number of aryl methyl sites for hydroxylation is 2. The molecule has 1 heteroatoms. The maximum atomic E-state index is 11.4. The van der Waals surface area contributed by atoms with Gasteiger partial charge >= 0.3 is 0 Å². The molecule has 1 nitrogen and oxygen atoms in total. The van der Waals surface area contributed by atoms with Crippen molar-refractivity contribution in [3.8, 4) is 0 Å². The molecule has 0 saturated heterocycles. The highest BCUT2D eigenvalue weighted by atomic mass is 16.1. The number of benzene rings is 1. The van der Waals surface area contributed by atoms with E-state index in [4.69, 9.17) is 0 Å². The zero-order chi connectivity index (χ0) is 11.7. The Balaban J connectivity index is 1.79. The molecule has 0 fully saturated rings. The lowest BCUT2D eigenvalue weighted by atomic mass is 9.92. The first-order valence-electron chi connectivity index (χ1n) is 6.64. The van der Waals surface area contributed by atoms with E-state index in [9.17, 15) is 4.79 Å². The molecule has 88 valence electrons. The van der Waals surface area contributed by atoms with Gasteiger partial charge in [-0.25, -0.2) is 0 Å². The van der Waals surface area contributed by atoms with Crippen molar-refractivity contribution in [2.75, 3.05) is 0 Å². The van der Waals surface area contributed by atoms with Crippen molar-refractivity contribution >= 4 is 5.78 Å². The zero-order valence-corrected chi connectivity index (χ0v) is 10.2. The van der Waals surface area contributed by atoms with Crippen molar-refractivity contribution in [1.82, 2.24) is 0 Å². The molecule has 2 aliphatic carbocycles. The summed E-state index contributed by atoms with van der Waals surface area (Å²) < 4.78 is 0. The fourth-order valence-electron chi connectivity index (χ4n) is 3.00. The van der Waals surface area contributed by atoms with Gasteiger partial charge in [-0.1, -0.05) is 23.8 Å². The molecule has 0 saturated carbocycles. The van der Waals surface area contributed by atoms with Crippen molar-refractivity contribution in [1.29, 1.82) is 0 Å². The summed E-state index contributed by atoms with van der Waals surface area (Å²) in [4.78, 5) is 11.4. The third kappa shape index (κ3) is 2.33. The number of ketones is 1. The number of carbonyl (C=O) groups excluding carboxylic acids is 1. The van der Waals surface area contributed by atoms with Crippen LogP contribution in [0.5, 0.6) is 0 Å². The SMILES string of the molecule is O=C1C=C(Cc2ccc3c(c2)CCC3)CCC1. The van der Waals surface area contributed by atoms with Crippen LogP contribution in [0, 0.1) is 0 Å². The summed E-state index contributed by atoms with van der Waals surface area (Å²) in [6.07, 6.45) is 9.51. The summed E-state index contributed by atoms with van der Waals surface area (Å²) >= 11 is 0. The van der Waals surface area contributed by atoms with E-state index in [1.165, 1.54) is 41.5 Å². The van der Waals surface area contributed by atoms with Crippen molar-refractivity contribution in [2.24, 2.45) is 0 Å². The van der Waals surface area contributed by atoms with Crippen LogP contribution >= 0.6 is 0 Å². The summed E-state index contributed by atoms with van der Waals surface area (Å²) in [6.45, 7) is 0. The second kappa shape index (κ2) is 4.48. The molecule has 1 aromatic carbocycles. The van der Waals surface area contributed by atoms with Crippen LogP contribution in [0.1, 0.15) is 42.4 Å². The van der Waals surface area contributed by atoms with Crippen LogP contribution < -0.4 is 0 Å². The molecule has 0 atom stereocenters. The average Bonchev–Trinajstić information content (AvgIpc) is 2.76. The molecule has 0 N–H and O–H groups in total. The Morgan fingerprint density at radius 3 is 2.65 bits per heavy atom. The fraction of sp³-hybridized carbons (Fsp3) is 0.438. The topological polar surface area (TPSA) is 17.1 Å². The maximum Gasteiger partial charge on any atom is 0.155 e. The van der Waals surface area contributed by atoms with Crippen LogP contribution in [0.2, 0.25) is 0 Å². The zero-order valence-electron chi connectivity index (χ0n) is 10.2. The lowest BCUT2D eigenvalue weighted by molar-refractivity contribution is -0.115. The monoisotopic (exact) mass is 226 g/mol. The van der Waals surface area contributed by atoms with Crippen LogP contribution in [0.25, 0.3) is 0 Å². The molecule has 2 aliphatic rings. The Labute approximate surface area is 103 Å². The Bertz CT molecular complexity index is 482. The van der Waals surface area contributed by atoms with E-state index < -0.39 is 0 Å². The number of allylic oxidation sites excluding steroid dienone is 2. The molecule has 0 radical (unpaired) electrons. The predicted octanol–water partition coefficient (Wildman–Crippen LogP) is 3.40. The first-order chi connectivity index (χ1) is 8.31. The summed E-state index contributed by atoms with van der Waals surface area (Å²) in [5.74, 6) is 0.312. The Morgan fingerprint density at radius 1 is 0.941 bits per heavy atom. The van der Waals surface area contributed by atoms with Gasteiger partial charge in [0.1, 0.15) is 0 Å². The van der Waals surface area contributed by atoms with Crippen LogP contribution in [0.4, 0.5) is 0 Å². The third-order valence-electron chi connectivity index (χ3n) is 3.88. The molecule has 0 heterocycles. The van der Waals surface area contributed by atoms with Gasteiger partial charge in [-0.05, 0) is 61.3 Å². The summed E-state index contributed by atoms with van der Waals surface area (Å²) in [7, 11) is 0. The number of carbonyl (C=O) groups is 1. The smallest absolute Gasteiger partial charge is 0.155 e. The molecule has 0 aromatic heterocycles. The molecule has 3 rings (SSSR count). The van der Waals surface area contributed by atoms with E-state index in [2.05, 4.69) is 18.2 Å². The molecule has 0 amide bonds. The number of hydrogen-bond donors (Lipinski definition) is 0. The van der Waals surface area contributed by atoms with Gasteiger partial charge < -0.3 is 0 Å². The van der Waals surface area contributed by atoms with Gasteiger partial charge in [0, 0.05) is 6.42 Å². The first kappa shape index (κ1) is 10.8. The minimum Gasteiger partial charge on any atom is -0.295 e. The van der Waals surface area contributed by atoms with Gasteiger partial charge in [0.05, 0.1) is 0 Å². The normalized spacial score (nSPS) is 19.1. The van der Waals surface area contributed by atoms with Crippen molar-refractivity contribution < 1.29 is 4.79 Å². The highest BCUT2D eigenvalue weighted by molar-refractivity contribution is 5.91. The molecule has 0 bridgehead atoms. The number of rotatable bonds is 2. The quantitative estimate of drug-likeness (QED) is 0.755. The standard InChI is InChI=1S/C16H18O/c17-16-6-1-3-12(11-16)9-13-7-8-14-4-2-5-15(14)10-13/h7-8,10-11H,1-6,9H2. The predicted molar refractivity (Wildman–Crippen MR) is 69.1 cm³/mol. The van der Waals surface area contributed by atoms with E-state index in [1.54, 1.807) is 0 Å². The number of hydrogen-bond acceptors (Lipinski definition) is 1. The summed E-state index contributed by atoms with van der Waals surface area (Å²) in [5, 5.41) is 0. The molecule has 1 aromatic rings. The molecule has 0 aliphatic heterocycles. The van der Waals surface area contributed by atoms with Gasteiger partial charge in [-0.15, -0.1) is 0 Å². The number of fused-ring (bicyclic) bond motifs is 1. The van der Waals surface area contributed by atoms with Crippen LogP contribution in [0.15, 0.2) is 29.8 Å². The van der Waals surface area contributed by atoms with Gasteiger partial charge in [0.15, 0.2) is 5.78 Å². The van der Waals surface area contributed by atoms with Gasteiger partial charge in [-0.2, -0.15) is 0 Å². The van der Waals surface area contributed by atoms with Crippen LogP contribution in [0.3, 0.4) is 0 Å². The largest absolute Gasteiger partial charge is 0.295 e. The van der Waals surface area contributed by atoms with E-state index in [0.29, 0.717) is 5.78 Å². The summed E-state index contributed by atoms with van der Waals surface area (Å²) in [6, 6.07) is 6.87. The minimum atomic E-state index is 0.312. The van der Waals surface area contributed by atoms with Gasteiger partial charge in [-0.3, -0.25) is 4.79 Å². The molecule has 17 heavy (non-hydrogen) atoms. The lowest BCUT2D eigenvalue weighted by Gasteiger charge is -2.12. The van der Waals surface area contributed by atoms with Crippen molar-refractivity contribution in [3.05, 3.63) is 46.5 Å². The Hall–Kier alpha value is -1.37. The maximum absolute atomic E-state index is 11.4. The van der Waals surface area contributed by atoms with Crippen molar-refractivity contribution in [3.63, 3.8) is 0 Å². The van der Waals surface area contributed by atoms with Crippen molar-refractivity contribution in [2.45, 2.75) is 44.9 Å². The third-order valence-corrected chi connectivity index (χ3v) is 3.88. The second-order valence-electron chi connectivity index (χ2n) is 5.26. The van der Waals surface area contributed by atoms with E-state index in [-0.39, 0.29) is 0 Å². The summed E-state index contributed by atoms with van der Waals surface area (Å²) in [5.41, 5.74) is 5.76. The van der Waals surface area contributed by atoms with E-state index in [1.807, 2.05) is 6.08 Å². The van der Waals surface area contributed by atoms with E-state index >= 15 is 0 Å². The van der Waals surface area contributed by atoms with E-state index in [0.717, 1.165) is 25.7 Å². The lowest BCUT2D eigenvalue weighted by Crippen LogP contribution is -2.04. The molecular weight excluding hydrogens is 208 g/mol. The Kier molecular flexibility index (Phi) is 2.84. The Morgan fingerprint density at radius 2 is 1.76 bits per heavy atom. The highest BCUT2D eigenvalue weighted by Crippen LogP contribution is 2.25. The van der Waals surface area contributed by atoms with Gasteiger partial charge in [0.2, 0.25) is 0 Å². The molecule has 0 spiro atoms. The molecule has 0 unspecified atom stereocenters.